The minimum atomic E-state index is -5.90. The number of nitrogens with two attached hydrogens (primary N) is 1. The van der Waals surface area contributed by atoms with E-state index in [-0.39, 0.29) is 85.4 Å². The molecule has 28 heteroatoms. The Morgan fingerprint density at radius 2 is 1.68 bits per heavy atom. The number of piperidine rings is 2. The second kappa shape index (κ2) is 25.8. The van der Waals surface area contributed by atoms with E-state index >= 15 is 0 Å². The summed E-state index contributed by atoms with van der Waals surface area (Å²) in [6, 6.07) is 5.41. The molecule has 0 bridgehead atoms. The number of likely N-dealkylation sites (tertiary alicyclic amines) is 1. The summed E-state index contributed by atoms with van der Waals surface area (Å²) in [6.07, 6.45) is 1.77. The van der Waals surface area contributed by atoms with Gasteiger partial charge in [-0.1, -0.05) is 37.0 Å². The Bertz CT molecular complexity index is 3460. The van der Waals surface area contributed by atoms with Crippen LogP contribution in [0.4, 0.5) is 22.4 Å². The fraction of sp³-hybridized carbons (Fsp3) is 0.456. The summed E-state index contributed by atoms with van der Waals surface area (Å²) in [5.41, 5.74) is 1.76. The summed E-state index contributed by atoms with van der Waals surface area (Å²) in [5.74, 6) is -0.965. The first-order valence-electron chi connectivity index (χ1n) is 27.7. The third kappa shape index (κ3) is 13.8. The Hall–Kier alpha value is -7.76. The molecule has 1 unspecified atom stereocenters. The predicted octanol–water partition coefficient (Wildman–Crippen LogP) is 3.73. The number of amides is 9. The van der Waals surface area contributed by atoms with Crippen LogP contribution in [-0.4, -0.2) is 158 Å². The highest BCUT2D eigenvalue weighted by Gasteiger charge is 2.51. The molecule has 0 saturated carbocycles. The summed E-state index contributed by atoms with van der Waals surface area (Å²) in [6.45, 7) is 2.60. The van der Waals surface area contributed by atoms with Gasteiger partial charge >= 0.3 is 19.4 Å². The maximum Gasteiger partial charge on any atom is 0.404 e. The molecule has 8 N–H and O–H groups in total. The van der Waals surface area contributed by atoms with Crippen molar-refractivity contribution in [2.45, 2.75) is 120 Å². The smallest absolute Gasteiger partial charge is 0.404 e. The molecule has 452 valence electrons. The first kappa shape index (κ1) is 61.8. The van der Waals surface area contributed by atoms with Crippen LogP contribution in [0.3, 0.4) is 0 Å². The molecule has 9 rings (SSSR count). The highest BCUT2D eigenvalue weighted by molar-refractivity contribution is 7.52. The lowest BCUT2D eigenvalue weighted by atomic mass is 9.91. The van der Waals surface area contributed by atoms with Gasteiger partial charge in [-0.25, -0.2) is 13.6 Å². The zero-order valence-electron chi connectivity index (χ0n) is 46.0. The van der Waals surface area contributed by atoms with Crippen LogP contribution in [0.5, 0.6) is 0 Å². The molecule has 3 aromatic carbocycles. The number of rotatable bonds is 17. The largest absolute Gasteiger partial charge is 0.447 e. The molecule has 85 heavy (non-hydrogen) atoms. The van der Waals surface area contributed by atoms with E-state index in [9.17, 15) is 75.1 Å². The van der Waals surface area contributed by atoms with E-state index in [1.165, 1.54) is 32.9 Å². The number of carbonyl (C=O) groups excluding carboxylic acids is 9. The predicted molar refractivity (Wildman–Crippen MR) is 297 cm³/mol. The van der Waals surface area contributed by atoms with Gasteiger partial charge in [-0.15, -0.1) is 11.3 Å². The van der Waals surface area contributed by atoms with E-state index in [2.05, 4.69) is 33.1 Å². The van der Waals surface area contributed by atoms with Crippen LogP contribution in [0, 0.1) is 29.4 Å². The van der Waals surface area contributed by atoms with Gasteiger partial charge in [0.2, 0.25) is 35.4 Å². The van der Waals surface area contributed by atoms with E-state index < -0.39 is 115 Å². The Morgan fingerprint density at radius 3 is 2.39 bits per heavy atom. The number of carbonyl (C=O) groups is 9. The van der Waals surface area contributed by atoms with Crippen LogP contribution in [-0.2, 0) is 56.7 Å². The first-order valence-corrected chi connectivity index (χ1v) is 30.2. The van der Waals surface area contributed by atoms with E-state index in [0.717, 1.165) is 35.6 Å². The van der Waals surface area contributed by atoms with Gasteiger partial charge in [-0.05, 0) is 116 Å². The molecular formula is C57H62F4N9O13PS. The summed E-state index contributed by atoms with van der Waals surface area (Å²) >= 11 is 0.886. The van der Waals surface area contributed by atoms with Crippen molar-refractivity contribution in [3.8, 4) is 11.8 Å². The fourth-order valence-electron chi connectivity index (χ4n) is 11.6. The third-order valence-electron chi connectivity index (χ3n) is 16.3. The maximum absolute atomic E-state index is 14.7. The van der Waals surface area contributed by atoms with Crippen LogP contribution in [0.1, 0.15) is 107 Å². The monoisotopic (exact) mass is 1220 g/mol. The van der Waals surface area contributed by atoms with Crippen molar-refractivity contribution in [3.63, 3.8) is 0 Å². The average molecular weight is 1220 g/mol. The Kier molecular flexibility index (Phi) is 18.8. The topological polar surface area (TPSA) is 307 Å². The number of hydrogen-bond acceptors (Lipinski definition) is 13. The fourth-order valence-corrected chi connectivity index (χ4v) is 13.0. The molecule has 6 atom stereocenters. The van der Waals surface area contributed by atoms with Crippen LogP contribution >= 0.6 is 18.9 Å². The highest BCUT2D eigenvalue weighted by atomic mass is 32.1. The average Bonchev–Trinajstić information content (AvgIpc) is 2.29. The molecule has 5 aliphatic heterocycles. The number of ether oxygens (including phenoxy) is 1. The quantitative estimate of drug-likeness (QED) is 0.0343. The van der Waals surface area contributed by atoms with Crippen molar-refractivity contribution < 1.29 is 79.8 Å². The SMILES string of the molecule is CCN1CC[C@H]2CC[C@@H](C(=O)N[C@@H](COC(N)=O)C(=O)N[C@@H](Cc3ccc(F)c(F)c3)C(=O)N3CCC(CCC#Cc4cccc5c4CN(C4CCC(=O)NC4=O)C5=O)CC3)N2C(=O)[C@@H](NC(=O)c2cc3cc(C(F)(F)P(=O)(O)O)ccc3s2)C1. The van der Waals surface area contributed by atoms with E-state index in [1.54, 1.807) is 18.2 Å². The number of likely N-dealkylation sites (N-methyl/N-ethyl adjacent to an activating group) is 1. The van der Waals surface area contributed by atoms with Gasteiger partial charge < -0.3 is 55.8 Å². The van der Waals surface area contributed by atoms with Gasteiger partial charge in [-0.2, -0.15) is 8.78 Å². The standard InChI is InChI=1S/C57H62F4N9O13PS/c1-2-67-21-20-36-12-14-45(70(36)55(78)42(29-67)64-52(75)47-27-34-26-35(11-16-46(34)85-47)57(60,61)84(80,81)82)51(74)65-43(30-83-56(62)79)49(72)63-41(25-32-10-13-39(58)40(59)24-32)54(77)68-22-18-31(19-23-68)6-3-4-7-33-8-5-9-37-38(33)28-69(53(37)76)44-15-17-48(71)66-50(44)73/h5,8-11,13,16,24,26-27,31,36,41-45H,2-3,6,12,14-15,17-23,25,28-30H2,1H3,(H2,62,79)(H,63,72)(H,64,75)(H,65,74)(H,66,71,73)(H2,80,81,82)/t36-,41+,42+,43+,44?,45+/m1/s1. The second-order valence-electron chi connectivity index (χ2n) is 21.7. The number of hydrogen-bond donors (Lipinski definition) is 7. The number of imide groups is 1. The lowest BCUT2D eigenvalue weighted by molar-refractivity contribution is -0.144. The molecule has 4 fully saturated rings. The van der Waals surface area contributed by atoms with Gasteiger partial charge in [0.15, 0.2) is 11.6 Å². The summed E-state index contributed by atoms with van der Waals surface area (Å²) < 4.78 is 74.8. The summed E-state index contributed by atoms with van der Waals surface area (Å²) in [7, 11) is -5.90. The Balaban J connectivity index is 0.855. The van der Waals surface area contributed by atoms with Crippen molar-refractivity contribution in [1.29, 1.82) is 0 Å². The first-order chi connectivity index (χ1) is 40.4. The molecule has 0 aliphatic carbocycles. The molecule has 4 aromatic rings. The van der Waals surface area contributed by atoms with Crippen molar-refractivity contribution in [3.05, 3.63) is 105 Å². The van der Waals surface area contributed by atoms with Crippen molar-refractivity contribution in [2.75, 3.05) is 39.3 Å². The van der Waals surface area contributed by atoms with Gasteiger partial charge in [0.25, 0.3) is 11.8 Å². The number of thiophene rings is 1. The summed E-state index contributed by atoms with van der Waals surface area (Å²) in [4.78, 5) is 146. The van der Waals surface area contributed by atoms with Crippen molar-refractivity contribution in [1.82, 2.24) is 40.9 Å². The molecule has 4 saturated heterocycles. The second-order valence-corrected chi connectivity index (χ2v) is 24.4. The van der Waals surface area contributed by atoms with Crippen LogP contribution in [0.2, 0.25) is 0 Å². The highest BCUT2D eigenvalue weighted by Crippen LogP contribution is 2.59. The molecule has 1 aromatic heterocycles. The molecule has 6 heterocycles. The lowest BCUT2D eigenvalue weighted by Crippen LogP contribution is -2.62. The molecule has 0 spiro atoms. The number of nitrogens with zero attached hydrogens (tertiary/aromatic N) is 4. The van der Waals surface area contributed by atoms with Gasteiger partial charge in [-0.3, -0.25) is 48.2 Å². The van der Waals surface area contributed by atoms with Gasteiger partial charge in [0.1, 0.15) is 36.8 Å². The lowest BCUT2D eigenvalue weighted by Gasteiger charge is -2.38. The number of alkyl halides is 2. The van der Waals surface area contributed by atoms with Gasteiger partial charge in [0, 0.05) is 79.4 Å². The zero-order chi connectivity index (χ0) is 61.1. The molecule has 0 radical (unpaired) electrons. The van der Waals surface area contributed by atoms with E-state index in [1.807, 2.05) is 11.8 Å². The molecule has 5 aliphatic rings. The number of nitrogens with one attached hydrogen (secondary N) is 4. The molecular weight excluding hydrogens is 1160 g/mol. The Morgan fingerprint density at radius 1 is 0.918 bits per heavy atom. The Labute approximate surface area is 488 Å². The third-order valence-corrected chi connectivity index (χ3v) is 18.4. The minimum Gasteiger partial charge on any atom is -0.447 e. The minimum absolute atomic E-state index is 0.00231. The molecule has 9 amide bonds. The number of benzene rings is 3. The van der Waals surface area contributed by atoms with E-state index in [4.69, 9.17) is 10.5 Å². The maximum atomic E-state index is 14.7. The van der Waals surface area contributed by atoms with Crippen LogP contribution < -0.4 is 27.0 Å². The van der Waals surface area contributed by atoms with Crippen LogP contribution in [0.15, 0.2) is 60.7 Å². The van der Waals surface area contributed by atoms with E-state index in [0.29, 0.717) is 73.0 Å². The summed E-state index contributed by atoms with van der Waals surface area (Å²) in [5, 5.41) is 10.3. The zero-order valence-corrected chi connectivity index (χ0v) is 47.7. The van der Waals surface area contributed by atoms with Crippen LogP contribution in [0.25, 0.3) is 10.1 Å². The van der Waals surface area contributed by atoms with Gasteiger partial charge in [0.05, 0.1) is 4.88 Å². The number of fused-ring (bicyclic) bond motifs is 3. The molecule has 22 nitrogen and oxygen atoms in total. The van der Waals surface area contributed by atoms with Crippen molar-refractivity contribution >= 4 is 82.4 Å². The normalized spacial score (nSPS) is 21.2. The number of primary amides is 1. The number of halogens is 4. The van der Waals surface area contributed by atoms with Crippen molar-refractivity contribution in [2.24, 2.45) is 11.7 Å².